The van der Waals surface area contributed by atoms with Crippen LogP contribution in [-0.4, -0.2) is 9.78 Å². The molecule has 2 N–H and O–H groups in total. The summed E-state index contributed by atoms with van der Waals surface area (Å²) in [7, 11) is 0. The topological polar surface area (TPSA) is 43.8 Å². The lowest BCUT2D eigenvalue weighted by Gasteiger charge is -2.15. The van der Waals surface area contributed by atoms with Gasteiger partial charge in [-0.2, -0.15) is 5.10 Å². The molecule has 0 amide bonds. The van der Waals surface area contributed by atoms with Gasteiger partial charge in [-0.25, -0.2) is 9.07 Å². The maximum atomic E-state index is 13.5. The number of aromatic nitrogens is 2. The Morgan fingerprint density at radius 1 is 1.26 bits per heavy atom. The largest absolute Gasteiger partial charge is 0.382 e. The zero-order chi connectivity index (χ0) is 14.4. The van der Waals surface area contributed by atoms with Gasteiger partial charge in [-0.15, -0.1) is 0 Å². The van der Waals surface area contributed by atoms with Crippen LogP contribution in [0.1, 0.15) is 26.5 Å². The minimum absolute atomic E-state index is 0.0524. The normalized spacial score (nSPS) is 11.9. The quantitative estimate of drug-likeness (QED) is 0.858. The Morgan fingerprint density at radius 3 is 2.37 bits per heavy atom. The second-order valence-electron chi connectivity index (χ2n) is 5.31. The highest BCUT2D eigenvalue weighted by molar-refractivity contribution is 6.33. The average Bonchev–Trinajstić information content (AvgIpc) is 2.60. The number of nitrogens with zero attached hydrogens (tertiary/aromatic N) is 2. The molecule has 102 valence electrons. The summed E-state index contributed by atoms with van der Waals surface area (Å²) in [5, 5.41) is 4.82. The molecular weight excluding hydrogens is 288 g/mol. The SMILES string of the molecule is CC(C)(C)c1nn(-c2ccc(Cl)c(F)c2)c(N)c1Cl. The Kier molecular flexibility index (Phi) is 3.49. The van der Waals surface area contributed by atoms with Crippen LogP contribution in [0, 0.1) is 5.82 Å². The number of benzene rings is 1. The standard InChI is InChI=1S/C13H14Cl2FN3/c1-13(2,3)11-10(15)12(17)19(18-11)7-4-5-8(14)9(16)6-7/h4-6H,17H2,1-3H3. The van der Waals surface area contributed by atoms with Gasteiger partial charge in [0.25, 0.3) is 0 Å². The van der Waals surface area contributed by atoms with Crippen LogP contribution in [0.3, 0.4) is 0 Å². The molecule has 0 saturated carbocycles. The second kappa shape index (κ2) is 4.69. The third kappa shape index (κ3) is 2.55. The Morgan fingerprint density at radius 2 is 1.89 bits per heavy atom. The first-order valence-electron chi connectivity index (χ1n) is 5.71. The highest BCUT2D eigenvalue weighted by Crippen LogP contribution is 2.34. The van der Waals surface area contributed by atoms with E-state index in [4.69, 9.17) is 28.9 Å². The Hall–Kier alpha value is -1.26. The third-order valence-corrected chi connectivity index (χ3v) is 3.40. The summed E-state index contributed by atoms with van der Waals surface area (Å²) in [6.45, 7) is 5.94. The second-order valence-corrected chi connectivity index (χ2v) is 6.09. The van der Waals surface area contributed by atoms with Crippen molar-refractivity contribution >= 4 is 29.0 Å². The number of hydrogen-bond donors (Lipinski definition) is 1. The van der Waals surface area contributed by atoms with E-state index < -0.39 is 5.82 Å². The van der Waals surface area contributed by atoms with Crippen molar-refractivity contribution in [1.82, 2.24) is 9.78 Å². The van der Waals surface area contributed by atoms with Crippen molar-refractivity contribution in [3.63, 3.8) is 0 Å². The molecule has 0 aliphatic heterocycles. The molecule has 2 rings (SSSR count). The predicted molar refractivity (Wildman–Crippen MR) is 76.7 cm³/mol. The van der Waals surface area contributed by atoms with E-state index in [9.17, 15) is 4.39 Å². The van der Waals surface area contributed by atoms with Crippen molar-refractivity contribution in [1.29, 1.82) is 0 Å². The average molecular weight is 302 g/mol. The molecule has 1 aromatic heterocycles. The van der Waals surface area contributed by atoms with Crippen molar-refractivity contribution in [2.45, 2.75) is 26.2 Å². The van der Waals surface area contributed by atoms with E-state index in [0.717, 1.165) is 0 Å². The fourth-order valence-corrected chi connectivity index (χ4v) is 2.22. The molecule has 0 fully saturated rings. The fourth-order valence-electron chi connectivity index (χ4n) is 1.70. The molecular formula is C13H14Cl2FN3. The molecule has 3 nitrogen and oxygen atoms in total. The van der Waals surface area contributed by atoms with Gasteiger partial charge in [0.15, 0.2) is 0 Å². The minimum atomic E-state index is -0.525. The van der Waals surface area contributed by atoms with E-state index in [0.29, 0.717) is 16.4 Å². The van der Waals surface area contributed by atoms with Gasteiger partial charge in [0.05, 0.1) is 16.4 Å². The number of rotatable bonds is 1. The van der Waals surface area contributed by atoms with Crippen LogP contribution in [0.4, 0.5) is 10.2 Å². The van der Waals surface area contributed by atoms with Gasteiger partial charge >= 0.3 is 0 Å². The molecule has 0 saturated heterocycles. The maximum Gasteiger partial charge on any atom is 0.146 e. The van der Waals surface area contributed by atoms with Gasteiger partial charge in [-0.05, 0) is 12.1 Å². The lowest BCUT2D eigenvalue weighted by atomic mass is 9.92. The molecule has 0 aliphatic carbocycles. The van der Waals surface area contributed by atoms with Crippen molar-refractivity contribution in [3.8, 4) is 5.69 Å². The van der Waals surface area contributed by atoms with Gasteiger partial charge in [-0.3, -0.25) is 0 Å². The molecule has 19 heavy (non-hydrogen) atoms. The zero-order valence-electron chi connectivity index (χ0n) is 10.8. The van der Waals surface area contributed by atoms with Crippen LogP contribution >= 0.6 is 23.2 Å². The molecule has 0 radical (unpaired) electrons. The van der Waals surface area contributed by atoms with Gasteiger partial charge < -0.3 is 5.73 Å². The molecule has 0 unspecified atom stereocenters. The predicted octanol–water partition coefficient (Wildman–Crippen LogP) is 4.20. The summed E-state index contributed by atoms with van der Waals surface area (Å²) in [6.07, 6.45) is 0. The summed E-state index contributed by atoms with van der Waals surface area (Å²) in [5.41, 5.74) is 6.84. The van der Waals surface area contributed by atoms with Crippen LogP contribution < -0.4 is 5.73 Å². The fraction of sp³-hybridized carbons (Fsp3) is 0.308. The summed E-state index contributed by atoms with van der Waals surface area (Å²) in [4.78, 5) is 0. The van der Waals surface area contributed by atoms with Gasteiger partial charge in [0, 0.05) is 11.5 Å². The van der Waals surface area contributed by atoms with E-state index >= 15 is 0 Å². The first kappa shape index (κ1) is 14.2. The Balaban J connectivity index is 2.60. The van der Waals surface area contributed by atoms with Gasteiger partial charge in [0.2, 0.25) is 0 Å². The van der Waals surface area contributed by atoms with E-state index in [1.54, 1.807) is 6.07 Å². The Bertz CT molecular complexity index is 630. The van der Waals surface area contributed by atoms with Crippen LogP contribution in [0.5, 0.6) is 0 Å². The minimum Gasteiger partial charge on any atom is -0.382 e. The molecule has 1 aromatic carbocycles. The highest BCUT2D eigenvalue weighted by atomic mass is 35.5. The molecule has 6 heteroatoms. The summed E-state index contributed by atoms with van der Waals surface area (Å²) < 4.78 is 14.9. The van der Waals surface area contributed by atoms with Crippen LogP contribution in [0.15, 0.2) is 18.2 Å². The molecule has 0 bridgehead atoms. The third-order valence-electron chi connectivity index (χ3n) is 2.72. The smallest absolute Gasteiger partial charge is 0.146 e. The zero-order valence-corrected chi connectivity index (χ0v) is 12.3. The van der Waals surface area contributed by atoms with Gasteiger partial charge in [0.1, 0.15) is 16.7 Å². The van der Waals surface area contributed by atoms with Gasteiger partial charge in [-0.1, -0.05) is 44.0 Å². The number of halogens is 3. The van der Waals surface area contributed by atoms with Crippen LogP contribution in [0.25, 0.3) is 5.69 Å². The molecule has 0 atom stereocenters. The van der Waals surface area contributed by atoms with Crippen molar-refractivity contribution in [2.75, 3.05) is 5.73 Å². The Labute approximate surface area is 121 Å². The summed E-state index contributed by atoms with van der Waals surface area (Å²) in [6, 6.07) is 4.37. The molecule has 2 aromatic rings. The summed E-state index contributed by atoms with van der Waals surface area (Å²) in [5.74, 6) is -0.240. The van der Waals surface area contributed by atoms with E-state index in [2.05, 4.69) is 5.10 Å². The highest BCUT2D eigenvalue weighted by Gasteiger charge is 2.25. The number of anilines is 1. The number of hydrogen-bond acceptors (Lipinski definition) is 2. The van der Waals surface area contributed by atoms with Crippen molar-refractivity contribution < 1.29 is 4.39 Å². The van der Waals surface area contributed by atoms with Crippen molar-refractivity contribution in [2.24, 2.45) is 0 Å². The number of nitrogens with two attached hydrogens (primary N) is 1. The monoisotopic (exact) mass is 301 g/mol. The number of nitrogen functional groups attached to an aromatic ring is 1. The molecule has 1 heterocycles. The first-order chi connectivity index (χ1) is 8.71. The molecule has 0 aliphatic rings. The lowest BCUT2D eigenvalue weighted by molar-refractivity contribution is 0.560. The summed E-state index contributed by atoms with van der Waals surface area (Å²) >= 11 is 11.8. The lowest BCUT2D eigenvalue weighted by Crippen LogP contribution is -2.13. The first-order valence-corrected chi connectivity index (χ1v) is 6.47. The van der Waals surface area contributed by atoms with E-state index in [-0.39, 0.29) is 16.3 Å². The maximum absolute atomic E-state index is 13.5. The van der Waals surface area contributed by atoms with Crippen LogP contribution in [-0.2, 0) is 5.41 Å². The molecule has 0 spiro atoms. The van der Waals surface area contributed by atoms with Crippen LogP contribution in [0.2, 0.25) is 10.0 Å². The van der Waals surface area contributed by atoms with E-state index in [1.165, 1.54) is 16.8 Å². The van der Waals surface area contributed by atoms with E-state index in [1.807, 2.05) is 20.8 Å². The van der Waals surface area contributed by atoms with Crippen molar-refractivity contribution in [3.05, 3.63) is 39.8 Å².